The first-order valence-corrected chi connectivity index (χ1v) is 7.19. The maximum Gasteiger partial charge on any atom is 0.306 e. The summed E-state index contributed by atoms with van der Waals surface area (Å²) in [7, 11) is 0. The number of rotatable bonds is 4. The summed E-state index contributed by atoms with van der Waals surface area (Å²) in [5.41, 5.74) is 0. The van der Waals surface area contributed by atoms with Crippen molar-refractivity contribution in [2.45, 2.75) is 45.1 Å². The van der Waals surface area contributed by atoms with Gasteiger partial charge in [0.1, 0.15) is 0 Å². The Morgan fingerprint density at radius 3 is 2.47 bits per heavy atom. The minimum absolute atomic E-state index is 0.00669. The van der Waals surface area contributed by atoms with Crippen molar-refractivity contribution in [1.29, 1.82) is 0 Å². The lowest BCUT2D eigenvalue weighted by Crippen LogP contribution is -2.40. The Bertz CT molecular complexity index is 338. The number of aliphatic carboxylic acids is 1. The van der Waals surface area contributed by atoms with Gasteiger partial charge in [-0.05, 0) is 38.0 Å². The molecule has 0 aromatic heterocycles. The van der Waals surface area contributed by atoms with Gasteiger partial charge in [-0.3, -0.25) is 9.59 Å². The number of amides is 1. The normalized spacial score (nSPS) is 29.9. The van der Waals surface area contributed by atoms with Crippen molar-refractivity contribution in [3.05, 3.63) is 0 Å². The highest BCUT2D eigenvalue weighted by Crippen LogP contribution is 2.27. The third-order valence-electron chi connectivity index (χ3n) is 4.51. The lowest BCUT2D eigenvalue weighted by molar-refractivity contribution is -0.141. The van der Waals surface area contributed by atoms with Crippen LogP contribution in [-0.2, 0) is 14.3 Å². The van der Waals surface area contributed by atoms with Gasteiger partial charge < -0.3 is 15.2 Å². The molecule has 0 radical (unpaired) electrons. The molecule has 1 heterocycles. The van der Waals surface area contributed by atoms with E-state index in [2.05, 4.69) is 5.32 Å². The maximum absolute atomic E-state index is 12.2. The number of hydrogen-bond acceptors (Lipinski definition) is 3. The lowest BCUT2D eigenvalue weighted by atomic mass is 9.86. The second-order valence-electron chi connectivity index (χ2n) is 5.79. The SMILES string of the molecule is C[C@H](C(=O)N[C@H]1CC[C@@H](C(=O)O)C1)C1CCOCC1. The summed E-state index contributed by atoms with van der Waals surface area (Å²) in [4.78, 5) is 23.1. The Morgan fingerprint density at radius 2 is 1.89 bits per heavy atom. The zero-order chi connectivity index (χ0) is 13.8. The fourth-order valence-electron chi connectivity index (χ4n) is 3.10. The number of nitrogens with one attached hydrogen (secondary N) is 1. The monoisotopic (exact) mass is 269 g/mol. The second-order valence-corrected chi connectivity index (χ2v) is 5.79. The molecule has 2 aliphatic rings. The number of hydrogen-bond donors (Lipinski definition) is 2. The first-order chi connectivity index (χ1) is 9.08. The van der Waals surface area contributed by atoms with E-state index in [4.69, 9.17) is 9.84 Å². The van der Waals surface area contributed by atoms with E-state index in [1.165, 1.54) is 0 Å². The van der Waals surface area contributed by atoms with Crippen molar-refractivity contribution < 1.29 is 19.4 Å². The molecule has 0 aromatic carbocycles. The number of ether oxygens (including phenoxy) is 1. The summed E-state index contributed by atoms with van der Waals surface area (Å²) < 4.78 is 5.31. The highest BCUT2D eigenvalue weighted by atomic mass is 16.5. The van der Waals surface area contributed by atoms with Crippen LogP contribution in [0.2, 0.25) is 0 Å². The largest absolute Gasteiger partial charge is 0.481 e. The van der Waals surface area contributed by atoms with Crippen molar-refractivity contribution in [3.63, 3.8) is 0 Å². The minimum atomic E-state index is -0.741. The molecule has 19 heavy (non-hydrogen) atoms. The van der Waals surface area contributed by atoms with Crippen LogP contribution in [0.15, 0.2) is 0 Å². The van der Waals surface area contributed by atoms with E-state index in [-0.39, 0.29) is 23.8 Å². The average Bonchev–Trinajstić information content (AvgIpc) is 2.87. The van der Waals surface area contributed by atoms with E-state index in [0.717, 1.165) is 32.5 Å². The van der Waals surface area contributed by atoms with E-state index in [9.17, 15) is 9.59 Å². The molecule has 1 aliphatic heterocycles. The average molecular weight is 269 g/mol. The van der Waals surface area contributed by atoms with E-state index < -0.39 is 5.97 Å². The molecule has 2 rings (SSSR count). The number of carboxylic acid groups (broad SMARTS) is 1. The molecular formula is C14H23NO4. The first kappa shape index (κ1) is 14.3. The van der Waals surface area contributed by atoms with Gasteiger partial charge in [0, 0.05) is 25.2 Å². The first-order valence-electron chi connectivity index (χ1n) is 7.19. The van der Waals surface area contributed by atoms with Crippen LogP contribution in [0.3, 0.4) is 0 Å². The molecule has 3 atom stereocenters. The molecule has 1 saturated heterocycles. The molecule has 1 saturated carbocycles. The Kier molecular flexibility index (Phi) is 4.80. The van der Waals surface area contributed by atoms with Crippen LogP contribution in [0, 0.1) is 17.8 Å². The summed E-state index contributed by atoms with van der Waals surface area (Å²) in [6.45, 7) is 3.45. The van der Waals surface area contributed by atoms with Gasteiger partial charge in [0.05, 0.1) is 5.92 Å². The predicted octanol–water partition coefficient (Wildman–Crippen LogP) is 1.42. The van der Waals surface area contributed by atoms with Gasteiger partial charge in [0.15, 0.2) is 0 Å². The molecule has 2 fully saturated rings. The Labute approximate surface area is 113 Å². The molecular weight excluding hydrogens is 246 g/mol. The fraction of sp³-hybridized carbons (Fsp3) is 0.857. The number of carboxylic acids is 1. The molecule has 1 aliphatic carbocycles. The third-order valence-corrected chi connectivity index (χ3v) is 4.51. The highest BCUT2D eigenvalue weighted by Gasteiger charge is 2.33. The van der Waals surface area contributed by atoms with E-state index in [0.29, 0.717) is 18.8 Å². The van der Waals surface area contributed by atoms with E-state index in [1.807, 2.05) is 6.92 Å². The summed E-state index contributed by atoms with van der Waals surface area (Å²) >= 11 is 0. The molecule has 0 unspecified atom stereocenters. The highest BCUT2D eigenvalue weighted by molar-refractivity contribution is 5.79. The standard InChI is InChI=1S/C14H23NO4/c1-9(10-4-6-19-7-5-10)13(16)15-12-3-2-11(8-12)14(17)18/h9-12H,2-8H2,1H3,(H,15,16)(H,17,18)/t9-,11+,12-/m0/s1. The Balaban J connectivity index is 1.79. The van der Waals surface area contributed by atoms with Crippen LogP contribution >= 0.6 is 0 Å². The molecule has 1 amide bonds. The topological polar surface area (TPSA) is 75.6 Å². The van der Waals surface area contributed by atoms with Gasteiger partial charge >= 0.3 is 5.97 Å². The summed E-state index contributed by atoms with van der Waals surface area (Å²) in [6, 6.07) is 0.0379. The third kappa shape index (κ3) is 3.69. The molecule has 5 heteroatoms. The Morgan fingerprint density at radius 1 is 1.21 bits per heavy atom. The predicted molar refractivity (Wildman–Crippen MR) is 69.6 cm³/mol. The van der Waals surface area contributed by atoms with Gasteiger partial charge in [0.2, 0.25) is 5.91 Å². The van der Waals surface area contributed by atoms with Crippen molar-refractivity contribution >= 4 is 11.9 Å². The minimum Gasteiger partial charge on any atom is -0.481 e. The molecule has 0 spiro atoms. The maximum atomic E-state index is 12.2. The van der Waals surface area contributed by atoms with Crippen LogP contribution in [0.4, 0.5) is 0 Å². The van der Waals surface area contributed by atoms with Crippen LogP contribution in [0.5, 0.6) is 0 Å². The van der Waals surface area contributed by atoms with Crippen LogP contribution in [0.1, 0.15) is 39.0 Å². The summed E-state index contributed by atoms with van der Waals surface area (Å²) in [6.07, 6.45) is 3.91. The quantitative estimate of drug-likeness (QED) is 0.809. The lowest BCUT2D eigenvalue weighted by Gasteiger charge is -2.28. The molecule has 5 nitrogen and oxygen atoms in total. The van der Waals surface area contributed by atoms with Crippen LogP contribution in [0.25, 0.3) is 0 Å². The van der Waals surface area contributed by atoms with Gasteiger partial charge in [-0.25, -0.2) is 0 Å². The number of carbonyl (C=O) groups is 2. The van der Waals surface area contributed by atoms with Crippen LogP contribution in [-0.4, -0.2) is 36.2 Å². The van der Waals surface area contributed by atoms with Gasteiger partial charge in [-0.2, -0.15) is 0 Å². The molecule has 0 aromatic rings. The molecule has 2 N–H and O–H groups in total. The van der Waals surface area contributed by atoms with E-state index >= 15 is 0 Å². The van der Waals surface area contributed by atoms with Crippen molar-refractivity contribution in [1.82, 2.24) is 5.32 Å². The van der Waals surface area contributed by atoms with E-state index in [1.54, 1.807) is 0 Å². The molecule has 108 valence electrons. The van der Waals surface area contributed by atoms with Crippen molar-refractivity contribution in [2.24, 2.45) is 17.8 Å². The fourth-order valence-corrected chi connectivity index (χ4v) is 3.10. The summed E-state index contributed by atoms with van der Waals surface area (Å²) in [5.74, 6) is -0.570. The Hall–Kier alpha value is -1.10. The van der Waals surface area contributed by atoms with Crippen LogP contribution < -0.4 is 5.32 Å². The summed E-state index contributed by atoms with van der Waals surface area (Å²) in [5, 5.41) is 12.0. The van der Waals surface area contributed by atoms with Crippen molar-refractivity contribution in [2.75, 3.05) is 13.2 Å². The van der Waals surface area contributed by atoms with Gasteiger partial charge in [-0.15, -0.1) is 0 Å². The van der Waals surface area contributed by atoms with Crippen molar-refractivity contribution in [3.8, 4) is 0 Å². The number of carbonyl (C=O) groups excluding carboxylic acids is 1. The van der Waals surface area contributed by atoms with Gasteiger partial charge in [-0.1, -0.05) is 6.92 Å². The molecule has 0 bridgehead atoms. The van der Waals surface area contributed by atoms with Gasteiger partial charge in [0.25, 0.3) is 0 Å². The smallest absolute Gasteiger partial charge is 0.306 e. The zero-order valence-electron chi connectivity index (χ0n) is 11.4. The zero-order valence-corrected chi connectivity index (χ0v) is 11.4. The second kappa shape index (κ2) is 6.37.